The van der Waals surface area contributed by atoms with Crippen molar-refractivity contribution in [1.82, 2.24) is 10.4 Å². The highest BCUT2D eigenvalue weighted by Crippen LogP contribution is 2.40. The molecule has 0 aromatic heterocycles. The lowest BCUT2D eigenvalue weighted by Gasteiger charge is -2.20. The van der Waals surface area contributed by atoms with Crippen molar-refractivity contribution in [3.8, 4) is 0 Å². The molecule has 0 aliphatic carbocycles. The van der Waals surface area contributed by atoms with Crippen LogP contribution in [-0.4, -0.2) is 24.4 Å². The number of esters is 1. The van der Waals surface area contributed by atoms with E-state index in [0.29, 0.717) is 0 Å². The predicted molar refractivity (Wildman–Crippen MR) is 60.8 cm³/mol. The first-order chi connectivity index (χ1) is 9.75. The molecule has 9 heteroatoms. The van der Waals surface area contributed by atoms with Gasteiger partial charge in [0.25, 0.3) is 0 Å². The number of nitrogens with zero attached hydrogens (tertiary/aromatic N) is 1. The van der Waals surface area contributed by atoms with Crippen LogP contribution >= 0.6 is 0 Å². The smallest absolute Gasteiger partial charge is 0.438 e. The van der Waals surface area contributed by atoms with Crippen molar-refractivity contribution < 1.29 is 31.6 Å². The minimum atomic E-state index is -5.16. The van der Waals surface area contributed by atoms with Crippen LogP contribution in [0, 0.1) is 0 Å². The van der Waals surface area contributed by atoms with Gasteiger partial charge in [0.05, 0.1) is 12.7 Å². The summed E-state index contributed by atoms with van der Waals surface area (Å²) in [6.07, 6.45) is -6.82. The van der Waals surface area contributed by atoms with E-state index in [9.17, 15) is 26.8 Å². The second kappa shape index (κ2) is 5.23. The summed E-state index contributed by atoms with van der Waals surface area (Å²) in [7, 11) is 1.16. The predicted octanol–water partition coefficient (Wildman–Crippen LogP) is 2.96. The van der Waals surface area contributed by atoms with Crippen LogP contribution in [0.4, 0.5) is 22.0 Å². The van der Waals surface area contributed by atoms with Gasteiger partial charge in [0.1, 0.15) is 0 Å². The number of nitrogens with one attached hydrogen (secondary N) is 1. The molecule has 1 aromatic rings. The van der Waals surface area contributed by atoms with Crippen molar-refractivity contribution in [1.29, 1.82) is 0 Å². The first-order valence-corrected chi connectivity index (χ1v) is 5.62. The molecule has 0 fully saturated rings. The van der Waals surface area contributed by atoms with Crippen molar-refractivity contribution in [3.05, 3.63) is 47.0 Å². The van der Waals surface area contributed by atoms with Gasteiger partial charge in [-0.25, -0.2) is 4.79 Å². The average Bonchev–Trinajstić information content (AvgIpc) is 2.73. The monoisotopic (exact) mass is 308 g/mol. The molecule has 0 saturated heterocycles. The van der Waals surface area contributed by atoms with Crippen LogP contribution in [0.5, 0.6) is 0 Å². The van der Waals surface area contributed by atoms with E-state index in [1.54, 1.807) is 5.32 Å². The molecule has 114 valence electrons. The first-order valence-electron chi connectivity index (χ1n) is 5.62. The van der Waals surface area contributed by atoms with E-state index in [1.165, 1.54) is 24.3 Å². The molecule has 1 aliphatic rings. The van der Waals surface area contributed by atoms with Crippen LogP contribution in [-0.2, 0) is 4.74 Å². The summed E-state index contributed by atoms with van der Waals surface area (Å²) < 4.78 is 68.8. The lowest BCUT2D eigenvalue weighted by atomic mass is 10.1. The maximum absolute atomic E-state index is 13.7. The van der Waals surface area contributed by atoms with Crippen molar-refractivity contribution >= 4 is 5.97 Å². The Bertz CT molecular complexity index is 582. The lowest BCUT2D eigenvalue weighted by molar-refractivity contribution is -0.140. The van der Waals surface area contributed by atoms with E-state index in [0.717, 1.165) is 7.11 Å². The Morgan fingerprint density at radius 1 is 1.29 bits per heavy atom. The van der Waals surface area contributed by atoms with Crippen molar-refractivity contribution in [3.63, 3.8) is 0 Å². The van der Waals surface area contributed by atoms with Gasteiger partial charge in [0.15, 0.2) is 6.17 Å². The van der Waals surface area contributed by atoms with E-state index in [2.05, 4.69) is 4.74 Å². The standard InChI is InChI=1S/C12H9F5N2O2/c1-21-11(20)7-4-2-6(3-5-7)10-18-9(13)8(19(10)17)12(14,15)16/h2-5,10,18H,1H3. The van der Waals surface area contributed by atoms with Gasteiger partial charge in [-0.1, -0.05) is 16.6 Å². The summed E-state index contributed by atoms with van der Waals surface area (Å²) in [5.41, 5.74) is -1.88. The Kier molecular flexibility index (Phi) is 3.75. The number of hydrogen-bond acceptors (Lipinski definition) is 4. The normalized spacial score (nSPS) is 18.8. The molecule has 21 heavy (non-hydrogen) atoms. The number of carbonyl (C=O) groups excluding carboxylic acids is 1. The molecule has 1 atom stereocenters. The van der Waals surface area contributed by atoms with Gasteiger partial charge < -0.3 is 10.1 Å². The van der Waals surface area contributed by atoms with Crippen LogP contribution < -0.4 is 5.32 Å². The SMILES string of the molecule is COC(=O)c1ccc(C2NC(F)=C(C(F)(F)F)N2F)cc1. The molecule has 0 radical (unpaired) electrons. The number of alkyl halides is 3. The van der Waals surface area contributed by atoms with Crippen molar-refractivity contribution in [2.24, 2.45) is 0 Å². The molecule has 1 aliphatic heterocycles. The average molecular weight is 308 g/mol. The quantitative estimate of drug-likeness (QED) is 0.395. The summed E-state index contributed by atoms with van der Waals surface area (Å²) in [6, 6.07) is 4.87. The molecule has 0 spiro atoms. The molecule has 1 N–H and O–H groups in total. The summed E-state index contributed by atoms with van der Waals surface area (Å²) in [5.74, 6) is -2.45. The number of halogens is 5. The lowest BCUT2D eigenvalue weighted by Crippen LogP contribution is -2.27. The number of benzene rings is 1. The van der Waals surface area contributed by atoms with Crippen LogP contribution in [0.3, 0.4) is 0 Å². The zero-order valence-corrected chi connectivity index (χ0v) is 10.5. The molecule has 0 saturated carbocycles. The van der Waals surface area contributed by atoms with E-state index in [1.807, 2.05) is 0 Å². The van der Waals surface area contributed by atoms with Gasteiger partial charge in [-0.3, -0.25) is 0 Å². The van der Waals surface area contributed by atoms with E-state index in [-0.39, 0.29) is 11.1 Å². The third-order valence-corrected chi connectivity index (χ3v) is 2.83. The van der Waals surface area contributed by atoms with E-state index in [4.69, 9.17) is 0 Å². The van der Waals surface area contributed by atoms with Gasteiger partial charge in [-0.15, -0.1) is 0 Å². The molecule has 0 amide bonds. The minimum absolute atomic E-state index is 0.0135. The summed E-state index contributed by atoms with van der Waals surface area (Å²) in [4.78, 5) is 11.2. The number of rotatable bonds is 2. The Morgan fingerprint density at radius 3 is 2.29 bits per heavy atom. The molecule has 1 aromatic carbocycles. The van der Waals surface area contributed by atoms with Gasteiger partial charge >= 0.3 is 12.1 Å². The van der Waals surface area contributed by atoms with Crippen molar-refractivity contribution in [2.45, 2.75) is 12.3 Å². The largest absolute Gasteiger partial charge is 0.465 e. The topological polar surface area (TPSA) is 41.6 Å². The number of methoxy groups -OCH3 is 1. The Hall–Kier alpha value is -2.32. The van der Waals surface area contributed by atoms with Gasteiger partial charge in [0.2, 0.25) is 11.6 Å². The molecular formula is C12H9F5N2O2. The van der Waals surface area contributed by atoms with Crippen LogP contribution in [0.25, 0.3) is 0 Å². The minimum Gasteiger partial charge on any atom is -0.465 e. The maximum Gasteiger partial charge on any atom is 0.438 e. The molecule has 4 nitrogen and oxygen atoms in total. The van der Waals surface area contributed by atoms with Gasteiger partial charge in [0, 0.05) is 0 Å². The van der Waals surface area contributed by atoms with E-state index < -0.39 is 35.1 Å². The number of carbonyl (C=O) groups is 1. The highest BCUT2D eigenvalue weighted by atomic mass is 19.4. The highest BCUT2D eigenvalue weighted by molar-refractivity contribution is 5.89. The Balaban J connectivity index is 2.24. The summed E-state index contributed by atoms with van der Waals surface area (Å²) in [6.45, 7) is 0. The highest BCUT2D eigenvalue weighted by Gasteiger charge is 2.49. The summed E-state index contributed by atoms with van der Waals surface area (Å²) in [5, 5.41) is 1.03. The third-order valence-electron chi connectivity index (χ3n) is 2.83. The molecule has 0 bridgehead atoms. The zero-order valence-electron chi connectivity index (χ0n) is 10.5. The Labute approximate surface area is 115 Å². The fourth-order valence-corrected chi connectivity index (χ4v) is 1.85. The number of allylic oxidation sites excluding steroid dienone is 1. The fraction of sp³-hybridized carbons (Fsp3) is 0.250. The van der Waals surface area contributed by atoms with Crippen LogP contribution in [0.2, 0.25) is 0 Å². The van der Waals surface area contributed by atoms with Gasteiger partial charge in [-0.2, -0.15) is 22.7 Å². The molecule has 1 heterocycles. The second-order valence-corrected chi connectivity index (χ2v) is 4.13. The number of ether oxygens (including phenoxy) is 1. The molecule has 1 unspecified atom stereocenters. The second-order valence-electron chi connectivity index (χ2n) is 4.13. The Morgan fingerprint density at radius 2 is 1.86 bits per heavy atom. The third kappa shape index (κ3) is 2.76. The van der Waals surface area contributed by atoms with Crippen LogP contribution in [0.15, 0.2) is 35.9 Å². The zero-order chi connectivity index (χ0) is 15.8. The van der Waals surface area contributed by atoms with Crippen molar-refractivity contribution in [2.75, 3.05) is 7.11 Å². The maximum atomic E-state index is 13.7. The molecular weight excluding hydrogens is 299 g/mol. The number of hydrogen-bond donors (Lipinski definition) is 1. The summed E-state index contributed by atoms with van der Waals surface area (Å²) >= 11 is 0. The van der Waals surface area contributed by atoms with Gasteiger partial charge in [-0.05, 0) is 17.7 Å². The van der Waals surface area contributed by atoms with Crippen LogP contribution in [0.1, 0.15) is 22.1 Å². The first kappa shape index (κ1) is 15.1. The fourth-order valence-electron chi connectivity index (χ4n) is 1.85. The van der Waals surface area contributed by atoms with E-state index >= 15 is 0 Å². The molecule has 2 rings (SSSR count).